The van der Waals surface area contributed by atoms with Gasteiger partial charge in [0.15, 0.2) is 0 Å². The molecule has 1 aliphatic rings. The Morgan fingerprint density at radius 2 is 2.00 bits per heavy atom. The van der Waals surface area contributed by atoms with Gasteiger partial charge in [-0.2, -0.15) is 0 Å². The van der Waals surface area contributed by atoms with Crippen LogP contribution in [-0.4, -0.2) is 29.5 Å². The fourth-order valence-corrected chi connectivity index (χ4v) is 3.00. The average Bonchev–Trinajstić information content (AvgIpc) is 2.85. The molecule has 0 saturated carbocycles. The average molecular weight is 303 g/mol. The third kappa shape index (κ3) is 3.67. The predicted octanol–water partition coefficient (Wildman–Crippen LogP) is 3.65. The summed E-state index contributed by atoms with van der Waals surface area (Å²) in [6.45, 7) is 6.42. The summed E-state index contributed by atoms with van der Waals surface area (Å²) in [4.78, 5) is 26.2. The number of rotatable bonds is 6. The standard InChI is InChI=1S/C18H25NO3/c1-4-8-16(13(2)3)17(20)19-15(12-22-18(19)21)11-14-9-6-5-7-10-14/h5-7,9-10,13,15-16H,4,8,11-12H2,1-3H3/t15-,16+/m0/s1. The van der Waals surface area contributed by atoms with Crippen molar-refractivity contribution < 1.29 is 14.3 Å². The van der Waals surface area contributed by atoms with Crippen LogP contribution in [0.25, 0.3) is 0 Å². The lowest BCUT2D eigenvalue weighted by Crippen LogP contribution is -2.44. The smallest absolute Gasteiger partial charge is 0.416 e. The highest BCUT2D eigenvalue weighted by Crippen LogP contribution is 2.25. The first-order chi connectivity index (χ1) is 10.5. The van der Waals surface area contributed by atoms with Gasteiger partial charge in [-0.05, 0) is 24.3 Å². The summed E-state index contributed by atoms with van der Waals surface area (Å²) in [6.07, 6.45) is 1.89. The first-order valence-corrected chi connectivity index (χ1v) is 8.08. The molecule has 120 valence electrons. The second-order valence-corrected chi connectivity index (χ2v) is 6.27. The summed E-state index contributed by atoms with van der Waals surface area (Å²) in [5.74, 6) is 0.0208. The fourth-order valence-electron chi connectivity index (χ4n) is 3.00. The van der Waals surface area contributed by atoms with Crippen molar-refractivity contribution in [3.05, 3.63) is 35.9 Å². The number of carbonyl (C=O) groups is 2. The molecule has 1 aromatic carbocycles. The molecule has 0 N–H and O–H groups in total. The van der Waals surface area contributed by atoms with Crippen LogP contribution in [0.15, 0.2) is 30.3 Å². The summed E-state index contributed by atoms with van der Waals surface area (Å²) in [6, 6.07) is 9.72. The molecule has 2 amide bonds. The zero-order valence-corrected chi connectivity index (χ0v) is 13.6. The molecule has 1 saturated heterocycles. The van der Waals surface area contributed by atoms with Gasteiger partial charge in [0, 0.05) is 5.92 Å². The largest absolute Gasteiger partial charge is 0.447 e. The molecule has 1 fully saturated rings. The molecule has 1 aromatic rings. The van der Waals surface area contributed by atoms with Crippen molar-refractivity contribution in [1.82, 2.24) is 4.90 Å². The summed E-state index contributed by atoms with van der Waals surface area (Å²) in [5, 5.41) is 0. The minimum Gasteiger partial charge on any atom is -0.447 e. The highest BCUT2D eigenvalue weighted by molar-refractivity contribution is 5.94. The Bertz CT molecular complexity index is 512. The number of amides is 2. The number of cyclic esters (lactones) is 1. The van der Waals surface area contributed by atoms with Crippen molar-refractivity contribution in [1.29, 1.82) is 0 Å². The molecular formula is C18H25NO3. The van der Waals surface area contributed by atoms with Gasteiger partial charge < -0.3 is 4.74 Å². The minimum atomic E-state index is -0.493. The number of hydrogen-bond acceptors (Lipinski definition) is 3. The topological polar surface area (TPSA) is 46.6 Å². The van der Waals surface area contributed by atoms with Crippen LogP contribution in [0.4, 0.5) is 4.79 Å². The number of hydrogen-bond donors (Lipinski definition) is 0. The lowest BCUT2D eigenvalue weighted by Gasteiger charge is -2.27. The molecule has 1 heterocycles. The number of ether oxygens (including phenoxy) is 1. The molecule has 2 atom stereocenters. The van der Waals surface area contributed by atoms with Crippen LogP contribution in [0.1, 0.15) is 39.2 Å². The van der Waals surface area contributed by atoms with Crippen LogP contribution in [0, 0.1) is 11.8 Å². The minimum absolute atomic E-state index is 0.0831. The van der Waals surface area contributed by atoms with E-state index in [4.69, 9.17) is 4.74 Å². The van der Waals surface area contributed by atoms with Gasteiger partial charge in [0.05, 0.1) is 6.04 Å². The van der Waals surface area contributed by atoms with Crippen LogP contribution >= 0.6 is 0 Å². The number of imide groups is 1. The molecule has 22 heavy (non-hydrogen) atoms. The van der Waals surface area contributed by atoms with E-state index < -0.39 is 6.09 Å². The maximum absolute atomic E-state index is 12.8. The Labute approximate surface area is 132 Å². The highest BCUT2D eigenvalue weighted by atomic mass is 16.6. The summed E-state index contributed by atoms with van der Waals surface area (Å²) in [7, 11) is 0. The van der Waals surface area contributed by atoms with Crippen LogP contribution < -0.4 is 0 Å². The highest BCUT2D eigenvalue weighted by Gasteiger charge is 2.41. The first kappa shape index (κ1) is 16.5. The van der Waals surface area contributed by atoms with Crippen molar-refractivity contribution in [2.24, 2.45) is 11.8 Å². The maximum atomic E-state index is 12.8. The van der Waals surface area contributed by atoms with E-state index in [9.17, 15) is 9.59 Å². The second kappa shape index (κ2) is 7.43. The third-order valence-corrected chi connectivity index (χ3v) is 4.23. The van der Waals surface area contributed by atoms with Crippen LogP contribution in [0.5, 0.6) is 0 Å². The lowest BCUT2D eigenvalue weighted by molar-refractivity contribution is -0.135. The lowest BCUT2D eigenvalue weighted by atomic mass is 9.89. The van der Waals surface area contributed by atoms with Crippen molar-refractivity contribution in [2.75, 3.05) is 6.61 Å². The van der Waals surface area contributed by atoms with E-state index in [0.717, 1.165) is 18.4 Å². The van der Waals surface area contributed by atoms with E-state index in [1.54, 1.807) is 0 Å². The summed E-state index contributed by atoms with van der Waals surface area (Å²) < 4.78 is 5.15. The van der Waals surface area contributed by atoms with E-state index in [1.165, 1.54) is 4.90 Å². The van der Waals surface area contributed by atoms with E-state index >= 15 is 0 Å². The normalized spacial score (nSPS) is 19.4. The number of carbonyl (C=O) groups excluding carboxylic acids is 2. The molecule has 0 radical (unpaired) electrons. The molecule has 0 spiro atoms. The molecule has 4 nitrogen and oxygen atoms in total. The Morgan fingerprint density at radius 1 is 1.32 bits per heavy atom. The summed E-state index contributed by atoms with van der Waals surface area (Å²) in [5.41, 5.74) is 1.11. The molecule has 1 aliphatic heterocycles. The van der Waals surface area contributed by atoms with Gasteiger partial charge in [-0.25, -0.2) is 9.69 Å². The number of benzene rings is 1. The van der Waals surface area contributed by atoms with E-state index in [0.29, 0.717) is 6.42 Å². The molecule has 2 rings (SSSR count). The van der Waals surface area contributed by atoms with Crippen molar-refractivity contribution >= 4 is 12.0 Å². The molecule has 0 unspecified atom stereocenters. The Hall–Kier alpha value is -1.84. The molecule has 4 heteroatoms. The fraction of sp³-hybridized carbons (Fsp3) is 0.556. The van der Waals surface area contributed by atoms with E-state index in [-0.39, 0.29) is 30.4 Å². The van der Waals surface area contributed by atoms with Gasteiger partial charge in [0.2, 0.25) is 5.91 Å². The zero-order chi connectivity index (χ0) is 16.1. The van der Waals surface area contributed by atoms with Gasteiger partial charge >= 0.3 is 6.09 Å². The molecule has 0 bridgehead atoms. The quantitative estimate of drug-likeness (QED) is 0.806. The zero-order valence-electron chi connectivity index (χ0n) is 13.6. The van der Waals surface area contributed by atoms with Gasteiger partial charge in [-0.3, -0.25) is 4.79 Å². The van der Waals surface area contributed by atoms with Crippen LogP contribution in [0.2, 0.25) is 0 Å². The monoisotopic (exact) mass is 303 g/mol. The van der Waals surface area contributed by atoms with Crippen molar-refractivity contribution in [2.45, 2.75) is 46.1 Å². The van der Waals surface area contributed by atoms with Gasteiger partial charge in [0.1, 0.15) is 6.61 Å². The van der Waals surface area contributed by atoms with Gasteiger partial charge in [-0.1, -0.05) is 57.5 Å². The third-order valence-electron chi connectivity index (χ3n) is 4.23. The number of nitrogens with zero attached hydrogens (tertiary/aromatic N) is 1. The predicted molar refractivity (Wildman–Crippen MR) is 85.4 cm³/mol. The Kier molecular flexibility index (Phi) is 5.58. The molecule has 0 aliphatic carbocycles. The van der Waals surface area contributed by atoms with E-state index in [1.807, 2.05) is 44.2 Å². The van der Waals surface area contributed by atoms with Crippen LogP contribution in [-0.2, 0) is 16.0 Å². The van der Waals surface area contributed by atoms with E-state index in [2.05, 4.69) is 6.92 Å². The second-order valence-electron chi connectivity index (χ2n) is 6.27. The van der Waals surface area contributed by atoms with Crippen molar-refractivity contribution in [3.8, 4) is 0 Å². The van der Waals surface area contributed by atoms with Gasteiger partial charge in [0.25, 0.3) is 0 Å². The van der Waals surface area contributed by atoms with Crippen molar-refractivity contribution in [3.63, 3.8) is 0 Å². The Balaban J connectivity index is 2.14. The molecular weight excluding hydrogens is 278 g/mol. The SMILES string of the molecule is CCC[C@@H](C(=O)N1C(=O)OC[C@@H]1Cc1ccccc1)C(C)C. The van der Waals surface area contributed by atoms with Gasteiger partial charge in [-0.15, -0.1) is 0 Å². The molecule has 0 aromatic heterocycles. The summed E-state index contributed by atoms with van der Waals surface area (Å²) >= 11 is 0. The Morgan fingerprint density at radius 3 is 2.59 bits per heavy atom. The van der Waals surface area contributed by atoms with Crippen LogP contribution in [0.3, 0.4) is 0 Å². The first-order valence-electron chi connectivity index (χ1n) is 8.08. The maximum Gasteiger partial charge on any atom is 0.416 e.